The maximum absolute atomic E-state index is 13.2. The van der Waals surface area contributed by atoms with Gasteiger partial charge in [-0.3, -0.25) is 14.5 Å². The van der Waals surface area contributed by atoms with Crippen LogP contribution < -0.4 is 0 Å². The summed E-state index contributed by atoms with van der Waals surface area (Å²) in [5, 5.41) is 0. The zero-order valence-electron chi connectivity index (χ0n) is 17.9. The average molecular weight is 398 g/mol. The van der Waals surface area contributed by atoms with Crippen LogP contribution in [-0.2, 0) is 32.2 Å². The van der Waals surface area contributed by atoms with E-state index in [1.807, 2.05) is 86.3 Å². The van der Waals surface area contributed by atoms with Crippen LogP contribution >= 0.6 is 0 Å². The molecule has 0 aliphatic carbocycles. The van der Waals surface area contributed by atoms with Crippen LogP contribution in [0.15, 0.2) is 60.7 Å². The highest BCUT2D eigenvalue weighted by Gasteiger charge is 2.38. The zero-order valence-corrected chi connectivity index (χ0v) is 17.9. The van der Waals surface area contributed by atoms with E-state index in [1.165, 1.54) is 7.11 Å². The van der Waals surface area contributed by atoms with Crippen LogP contribution in [0.2, 0.25) is 0 Å². The lowest BCUT2D eigenvalue weighted by molar-refractivity contribution is -0.169. The van der Waals surface area contributed by atoms with E-state index < -0.39 is 29.5 Å². The molecule has 2 atom stereocenters. The van der Waals surface area contributed by atoms with E-state index in [-0.39, 0.29) is 0 Å². The molecule has 2 aromatic rings. The third-order valence-corrected chi connectivity index (χ3v) is 4.55. The van der Waals surface area contributed by atoms with Crippen molar-refractivity contribution in [1.29, 1.82) is 0 Å². The Balaban J connectivity index is 2.42. The fourth-order valence-corrected chi connectivity index (χ4v) is 3.23. The number of ether oxygens (including phenoxy) is 2. The molecule has 0 unspecified atom stereocenters. The maximum Gasteiger partial charge on any atom is 0.324 e. The van der Waals surface area contributed by atoms with Gasteiger partial charge in [-0.05, 0) is 38.8 Å². The number of esters is 2. The van der Waals surface area contributed by atoms with Gasteiger partial charge in [-0.15, -0.1) is 0 Å². The van der Waals surface area contributed by atoms with Crippen LogP contribution in [0.4, 0.5) is 0 Å². The van der Waals surface area contributed by atoms with Gasteiger partial charge in [0.1, 0.15) is 11.6 Å². The van der Waals surface area contributed by atoms with Crippen molar-refractivity contribution in [2.24, 2.45) is 5.92 Å². The van der Waals surface area contributed by atoms with Crippen molar-refractivity contribution in [3.8, 4) is 0 Å². The van der Waals surface area contributed by atoms with Crippen LogP contribution in [0.25, 0.3) is 0 Å². The van der Waals surface area contributed by atoms with Gasteiger partial charge in [0.2, 0.25) is 0 Å². The molecule has 0 fully saturated rings. The highest BCUT2D eigenvalue weighted by molar-refractivity contribution is 5.84. The Hall–Kier alpha value is -2.66. The molecule has 5 heteroatoms. The van der Waals surface area contributed by atoms with Crippen molar-refractivity contribution in [1.82, 2.24) is 4.90 Å². The monoisotopic (exact) mass is 397 g/mol. The topological polar surface area (TPSA) is 55.8 Å². The quantitative estimate of drug-likeness (QED) is 0.625. The first-order valence-electron chi connectivity index (χ1n) is 9.84. The van der Waals surface area contributed by atoms with E-state index in [9.17, 15) is 9.59 Å². The third kappa shape index (κ3) is 7.02. The molecule has 0 aliphatic heterocycles. The number of rotatable bonds is 8. The molecule has 156 valence electrons. The molecule has 0 aromatic heterocycles. The van der Waals surface area contributed by atoms with Crippen LogP contribution in [0, 0.1) is 5.92 Å². The third-order valence-electron chi connectivity index (χ3n) is 4.55. The van der Waals surface area contributed by atoms with Crippen LogP contribution in [-0.4, -0.2) is 35.6 Å². The molecule has 2 aromatic carbocycles. The number of nitrogens with zero attached hydrogens (tertiary/aromatic N) is 1. The summed E-state index contributed by atoms with van der Waals surface area (Å²) in [4.78, 5) is 27.5. The van der Waals surface area contributed by atoms with Gasteiger partial charge < -0.3 is 9.47 Å². The number of carbonyl (C=O) groups is 2. The summed E-state index contributed by atoms with van der Waals surface area (Å²) in [6.45, 7) is 8.18. The van der Waals surface area contributed by atoms with E-state index in [2.05, 4.69) is 0 Å². The number of hydrogen-bond acceptors (Lipinski definition) is 5. The number of carbonyl (C=O) groups excluding carboxylic acids is 2. The van der Waals surface area contributed by atoms with E-state index in [0.29, 0.717) is 13.1 Å². The SMILES string of the molecule is COC(=O)[C@H](C)[C@@H](C(=O)OC(C)(C)C)N(Cc1ccccc1)Cc1ccccc1. The number of methoxy groups -OCH3 is 1. The minimum atomic E-state index is -0.776. The van der Waals surface area contributed by atoms with Crippen molar-refractivity contribution in [3.63, 3.8) is 0 Å². The van der Waals surface area contributed by atoms with Gasteiger partial charge in [-0.25, -0.2) is 0 Å². The minimum absolute atomic E-state index is 0.428. The first kappa shape index (κ1) is 22.6. The van der Waals surface area contributed by atoms with E-state index in [0.717, 1.165) is 11.1 Å². The maximum atomic E-state index is 13.2. The summed E-state index contributed by atoms with van der Waals surface area (Å²) < 4.78 is 10.6. The van der Waals surface area contributed by atoms with Crippen molar-refractivity contribution in [2.75, 3.05) is 7.11 Å². The molecule has 0 spiro atoms. The first-order valence-corrected chi connectivity index (χ1v) is 9.84. The van der Waals surface area contributed by atoms with Crippen molar-refractivity contribution < 1.29 is 19.1 Å². The zero-order chi connectivity index (χ0) is 21.4. The predicted octanol–water partition coefficient (Wildman–Crippen LogP) is 4.21. The summed E-state index contributed by atoms with van der Waals surface area (Å²) in [5.74, 6) is -1.54. The molecular formula is C24H31NO4. The standard InChI is InChI=1S/C24H31NO4/c1-18(22(26)28-5)21(23(27)29-24(2,3)4)25(16-19-12-8-6-9-13-19)17-20-14-10-7-11-15-20/h6-15,18,21H,16-17H2,1-5H3/t18-,21+/m1/s1. The second-order valence-electron chi connectivity index (χ2n) is 8.17. The Morgan fingerprint density at radius 1 is 0.862 bits per heavy atom. The molecule has 0 bridgehead atoms. The Labute approximate surface area is 173 Å². The van der Waals surface area contributed by atoms with Gasteiger partial charge in [0, 0.05) is 13.1 Å². The van der Waals surface area contributed by atoms with Gasteiger partial charge in [0.15, 0.2) is 0 Å². The molecule has 5 nitrogen and oxygen atoms in total. The number of hydrogen-bond donors (Lipinski definition) is 0. The summed E-state index contributed by atoms with van der Waals surface area (Å²) in [7, 11) is 1.34. The fraction of sp³-hybridized carbons (Fsp3) is 0.417. The molecule has 0 heterocycles. The second-order valence-corrected chi connectivity index (χ2v) is 8.17. The van der Waals surface area contributed by atoms with Gasteiger partial charge in [-0.2, -0.15) is 0 Å². The molecule has 29 heavy (non-hydrogen) atoms. The highest BCUT2D eigenvalue weighted by atomic mass is 16.6. The van der Waals surface area contributed by atoms with Gasteiger partial charge in [-0.1, -0.05) is 60.7 Å². The van der Waals surface area contributed by atoms with Crippen LogP contribution in [0.3, 0.4) is 0 Å². The lowest BCUT2D eigenvalue weighted by atomic mass is 9.98. The van der Waals surface area contributed by atoms with Crippen LogP contribution in [0.1, 0.15) is 38.8 Å². The number of benzene rings is 2. The molecule has 0 saturated heterocycles. The normalized spacial score (nSPS) is 13.6. The smallest absolute Gasteiger partial charge is 0.324 e. The van der Waals surface area contributed by atoms with Gasteiger partial charge >= 0.3 is 11.9 Å². The molecular weight excluding hydrogens is 366 g/mol. The van der Waals surface area contributed by atoms with E-state index in [4.69, 9.17) is 9.47 Å². The fourth-order valence-electron chi connectivity index (χ4n) is 3.23. The summed E-state index contributed by atoms with van der Waals surface area (Å²) >= 11 is 0. The molecule has 0 N–H and O–H groups in total. The lowest BCUT2D eigenvalue weighted by Crippen LogP contribution is -2.49. The van der Waals surface area contributed by atoms with E-state index >= 15 is 0 Å². The minimum Gasteiger partial charge on any atom is -0.469 e. The Morgan fingerprint density at radius 2 is 1.31 bits per heavy atom. The van der Waals surface area contributed by atoms with Crippen LogP contribution in [0.5, 0.6) is 0 Å². The Kier molecular flexibility index (Phi) is 7.97. The van der Waals surface area contributed by atoms with E-state index in [1.54, 1.807) is 6.92 Å². The molecule has 0 saturated carbocycles. The molecule has 0 radical (unpaired) electrons. The Bertz CT molecular complexity index is 742. The highest BCUT2D eigenvalue weighted by Crippen LogP contribution is 2.23. The second kappa shape index (κ2) is 10.2. The molecule has 0 aliphatic rings. The Morgan fingerprint density at radius 3 is 1.69 bits per heavy atom. The van der Waals surface area contributed by atoms with Gasteiger partial charge in [0.25, 0.3) is 0 Å². The summed E-state index contributed by atoms with van der Waals surface area (Å²) in [6.07, 6.45) is 0. The molecule has 0 amide bonds. The van der Waals surface area contributed by atoms with Crippen molar-refractivity contribution in [3.05, 3.63) is 71.8 Å². The molecule has 2 rings (SSSR count). The average Bonchev–Trinajstić information content (AvgIpc) is 2.67. The van der Waals surface area contributed by atoms with Gasteiger partial charge in [0.05, 0.1) is 13.0 Å². The summed E-state index contributed by atoms with van der Waals surface area (Å²) in [6, 6.07) is 19.0. The van der Waals surface area contributed by atoms with Crippen molar-refractivity contribution in [2.45, 2.75) is 52.4 Å². The lowest BCUT2D eigenvalue weighted by Gasteiger charge is -2.35. The largest absolute Gasteiger partial charge is 0.469 e. The predicted molar refractivity (Wildman–Crippen MR) is 113 cm³/mol. The first-order chi connectivity index (χ1) is 13.7. The van der Waals surface area contributed by atoms with Crippen molar-refractivity contribution >= 4 is 11.9 Å². The summed E-state index contributed by atoms with van der Waals surface area (Å²) in [5.41, 5.74) is 1.44.